The lowest BCUT2D eigenvalue weighted by atomic mass is 9.93. The van der Waals surface area contributed by atoms with Crippen molar-refractivity contribution < 1.29 is 4.79 Å². The third-order valence-corrected chi connectivity index (χ3v) is 3.43. The smallest absolute Gasteiger partial charge is 0.134 e. The van der Waals surface area contributed by atoms with Crippen LogP contribution in [0.1, 0.15) is 39.0 Å². The molecule has 2 aliphatic rings. The summed E-state index contributed by atoms with van der Waals surface area (Å²) < 4.78 is 0. The second kappa shape index (κ2) is 3.79. The van der Waals surface area contributed by atoms with Gasteiger partial charge in [0.15, 0.2) is 0 Å². The van der Waals surface area contributed by atoms with E-state index in [1.807, 2.05) is 0 Å². The Morgan fingerprint density at radius 2 is 2.23 bits per heavy atom. The molecule has 0 aromatic rings. The maximum Gasteiger partial charge on any atom is 0.134 e. The summed E-state index contributed by atoms with van der Waals surface area (Å²) >= 11 is 0. The van der Waals surface area contributed by atoms with Crippen molar-refractivity contribution >= 4 is 5.78 Å². The van der Waals surface area contributed by atoms with Gasteiger partial charge in [-0.1, -0.05) is 6.92 Å². The zero-order valence-corrected chi connectivity index (χ0v) is 8.46. The Balaban J connectivity index is 1.89. The topological polar surface area (TPSA) is 20.3 Å². The SMILES string of the molecule is CC1CCN(C2CCCC(=O)C2)C1. The van der Waals surface area contributed by atoms with Crippen LogP contribution in [-0.2, 0) is 4.79 Å². The third kappa shape index (κ3) is 2.11. The molecule has 0 spiro atoms. The zero-order valence-electron chi connectivity index (χ0n) is 8.46. The van der Waals surface area contributed by atoms with Crippen molar-refractivity contribution in [1.82, 2.24) is 4.90 Å². The summed E-state index contributed by atoms with van der Waals surface area (Å²) in [7, 11) is 0. The van der Waals surface area contributed by atoms with E-state index in [-0.39, 0.29) is 0 Å². The Hall–Kier alpha value is -0.370. The summed E-state index contributed by atoms with van der Waals surface area (Å²) in [6.45, 7) is 4.75. The molecule has 2 unspecified atom stereocenters. The molecule has 1 saturated heterocycles. The molecule has 2 fully saturated rings. The van der Waals surface area contributed by atoms with E-state index in [1.165, 1.54) is 25.9 Å². The van der Waals surface area contributed by atoms with Gasteiger partial charge in [0.05, 0.1) is 0 Å². The molecule has 74 valence electrons. The molecule has 2 atom stereocenters. The normalized spacial score (nSPS) is 36.8. The number of Topliss-reactive ketones (excluding diaryl/α,β-unsaturated/α-hetero) is 1. The molecule has 13 heavy (non-hydrogen) atoms. The number of hydrogen-bond donors (Lipinski definition) is 0. The van der Waals surface area contributed by atoms with Crippen molar-refractivity contribution in [3.63, 3.8) is 0 Å². The van der Waals surface area contributed by atoms with Crippen molar-refractivity contribution in [1.29, 1.82) is 0 Å². The highest BCUT2D eigenvalue weighted by molar-refractivity contribution is 5.79. The fraction of sp³-hybridized carbons (Fsp3) is 0.909. The first kappa shape index (κ1) is 9.20. The molecule has 2 rings (SSSR count). The van der Waals surface area contributed by atoms with Gasteiger partial charge >= 0.3 is 0 Å². The number of rotatable bonds is 1. The lowest BCUT2D eigenvalue weighted by Crippen LogP contribution is -2.37. The van der Waals surface area contributed by atoms with Crippen molar-refractivity contribution in [3.8, 4) is 0 Å². The van der Waals surface area contributed by atoms with Crippen molar-refractivity contribution in [2.45, 2.75) is 45.1 Å². The van der Waals surface area contributed by atoms with Crippen LogP contribution in [0, 0.1) is 5.92 Å². The fourth-order valence-electron chi connectivity index (χ4n) is 2.61. The molecule has 1 aliphatic heterocycles. The molecule has 0 amide bonds. The minimum atomic E-state index is 0.482. The van der Waals surface area contributed by atoms with Gasteiger partial charge in [0, 0.05) is 25.4 Å². The van der Waals surface area contributed by atoms with Crippen LogP contribution in [0.2, 0.25) is 0 Å². The van der Waals surface area contributed by atoms with E-state index in [0.717, 1.165) is 25.2 Å². The van der Waals surface area contributed by atoms with Gasteiger partial charge in [-0.25, -0.2) is 0 Å². The van der Waals surface area contributed by atoms with Gasteiger partial charge in [0.2, 0.25) is 0 Å². The molecule has 1 heterocycles. The fourth-order valence-corrected chi connectivity index (χ4v) is 2.61. The van der Waals surface area contributed by atoms with E-state index in [0.29, 0.717) is 11.8 Å². The van der Waals surface area contributed by atoms with Gasteiger partial charge in [0.25, 0.3) is 0 Å². The molecule has 0 N–H and O–H groups in total. The average molecular weight is 181 g/mol. The summed E-state index contributed by atoms with van der Waals surface area (Å²) in [5, 5.41) is 0. The van der Waals surface area contributed by atoms with Gasteiger partial charge in [0.1, 0.15) is 5.78 Å². The van der Waals surface area contributed by atoms with Crippen LogP contribution >= 0.6 is 0 Å². The molecule has 0 aromatic heterocycles. The molecule has 0 aromatic carbocycles. The Labute approximate surface area is 80.3 Å². The number of hydrogen-bond acceptors (Lipinski definition) is 2. The minimum Gasteiger partial charge on any atom is -0.300 e. The number of nitrogens with zero attached hydrogens (tertiary/aromatic N) is 1. The van der Waals surface area contributed by atoms with E-state index in [2.05, 4.69) is 11.8 Å². The van der Waals surface area contributed by atoms with E-state index in [1.54, 1.807) is 0 Å². The molecule has 2 heteroatoms. The molecular weight excluding hydrogens is 162 g/mol. The van der Waals surface area contributed by atoms with Crippen LogP contribution in [0.15, 0.2) is 0 Å². The number of carbonyl (C=O) groups excluding carboxylic acids is 1. The van der Waals surface area contributed by atoms with E-state index in [9.17, 15) is 4.79 Å². The van der Waals surface area contributed by atoms with Crippen LogP contribution < -0.4 is 0 Å². The predicted molar refractivity (Wildman–Crippen MR) is 52.6 cm³/mol. The highest BCUT2D eigenvalue weighted by Gasteiger charge is 2.29. The standard InChI is InChI=1S/C11H19NO/c1-9-5-6-12(8-9)10-3-2-4-11(13)7-10/h9-10H,2-8H2,1H3. The minimum absolute atomic E-state index is 0.482. The van der Waals surface area contributed by atoms with Crippen LogP contribution in [0.5, 0.6) is 0 Å². The van der Waals surface area contributed by atoms with Gasteiger partial charge in [-0.2, -0.15) is 0 Å². The first-order chi connectivity index (χ1) is 6.25. The van der Waals surface area contributed by atoms with Gasteiger partial charge in [-0.05, 0) is 31.7 Å². The summed E-state index contributed by atoms with van der Waals surface area (Å²) in [5.74, 6) is 1.33. The van der Waals surface area contributed by atoms with Crippen molar-refractivity contribution in [2.75, 3.05) is 13.1 Å². The molecule has 1 aliphatic carbocycles. The lowest BCUT2D eigenvalue weighted by molar-refractivity contribution is -0.121. The number of carbonyl (C=O) groups is 1. The quantitative estimate of drug-likeness (QED) is 0.615. The van der Waals surface area contributed by atoms with Crippen LogP contribution in [-0.4, -0.2) is 29.8 Å². The summed E-state index contributed by atoms with van der Waals surface area (Å²) in [5.41, 5.74) is 0. The maximum absolute atomic E-state index is 11.3. The highest BCUT2D eigenvalue weighted by Crippen LogP contribution is 2.25. The predicted octanol–water partition coefficient (Wildman–Crippen LogP) is 1.84. The monoisotopic (exact) mass is 181 g/mol. The first-order valence-electron chi connectivity index (χ1n) is 5.51. The summed E-state index contributed by atoms with van der Waals surface area (Å²) in [6, 6.07) is 0.589. The summed E-state index contributed by atoms with van der Waals surface area (Å²) in [6.07, 6.45) is 5.35. The maximum atomic E-state index is 11.3. The van der Waals surface area contributed by atoms with Crippen LogP contribution in [0.25, 0.3) is 0 Å². The number of ketones is 1. The Bertz CT molecular complexity index is 202. The molecular formula is C11H19NO. The van der Waals surface area contributed by atoms with Crippen molar-refractivity contribution in [3.05, 3.63) is 0 Å². The van der Waals surface area contributed by atoms with Gasteiger partial charge in [-0.15, -0.1) is 0 Å². The second-order valence-corrected chi connectivity index (χ2v) is 4.68. The first-order valence-corrected chi connectivity index (χ1v) is 5.51. The zero-order chi connectivity index (χ0) is 9.26. The molecule has 0 bridgehead atoms. The lowest BCUT2D eigenvalue weighted by Gasteiger charge is -2.30. The Morgan fingerprint density at radius 3 is 2.85 bits per heavy atom. The summed E-state index contributed by atoms with van der Waals surface area (Å²) in [4.78, 5) is 13.8. The molecule has 0 radical (unpaired) electrons. The number of likely N-dealkylation sites (tertiary alicyclic amines) is 1. The Kier molecular flexibility index (Phi) is 2.68. The highest BCUT2D eigenvalue weighted by atomic mass is 16.1. The van der Waals surface area contributed by atoms with E-state index >= 15 is 0 Å². The largest absolute Gasteiger partial charge is 0.300 e. The average Bonchev–Trinajstić information content (AvgIpc) is 2.52. The van der Waals surface area contributed by atoms with Crippen LogP contribution in [0.3, 0.4) is 0 Å². The van der Waals surface area contributed by atoms with E-state index < -0.39 is 0 Å². The van der Waals surface area contributed by atoms with Gasteiger partial charge < -0.3 is 0 Å². The van der Waals surface area contributed by atoms with Crippen molar-refractivity contribution in [2.24, 2.45) is 5.92 Å². The Morgan fingerprint density at radius 1 is 1.38 bits per heavy atom. The second-order valence-electron chi connectivity index (χ2n) is 4.68. The molecule has 1 saturated carbocycles. The molecule has 2 nitrogen and oxygen atoms in total. The van der Waals surface area contributed by atoms with E-state index in [4.69, 9.17) is 0 Å². The van der Waals surface area contributed by atoms with Crippen LogP contribution in [0.4, 0.5) is 0 Å². The van der Waals surface area contributed by atoms with Gasteiger partial charge in [-0.3, -0.25) is 9.69 Å². The third-order valence-electron chi connectivity index (χ3n) is 3.43.